The number of rotatable bonds is 7. The standard InChI is InChI=1S/C28H23NO7/c30-21(16-9-11-19(12-10-16)36-28(33)23-6-3-13-34-23)15-35-22-5-2-1-4-20(22)29-26(31)24-17-7-8-18(14-17)25(24)27(29)32/h1-6,9-13,17-18,24-25H,7-8,14-15H2/t17-,18-,24-,25-/m0/s1. The van der Waals surface area contributed by atoms with Crippen molar-refractivity contribution in [2.75, 3.05) is 11.5 Å². The molecule has 0 unspecified atom stereocenters. The maximum Gasteiger partial charge on any atom is 0.379 e. The van der Waals surface area contributed by atoms with E-state index in [0.29, 0.717) is 17.0 Å². The predicted molar refractivity (Wildman–Crippen MR) is 127 cm³/mol. The Labute approximate surface area is 206 Å². The van der Waals surface area contributed by atoms with Gasteiger partial charge in [0, 0.05) is 5.56 Å². The maximum absolute atomic E-state index is 13.2. The van der Waals surface area contributed by atoms with E-state index in [2.05, 4.69) is 0 Å². The van der Waals surface area contributed by atoms with Crippen LogP contribution in [0.25, 0.3) is 0 Å². The summed E-state index contributed by atoms with van der Waals surface area (Å²) >= 11 is 0. The number of carbonyl (C=O) groups excluding carboxylic acids is 4. The van der Waals surface area contributed by atoms with Gasteiger partial charge < -0.3 is 13.9 Å². The van der Waals surface area contributed by atoms with Crippen LogP contribution in [0, 0.1) is 23.7 Å². The van der Waals surface area contributed by atoms with E-state index in [4.69, 9.17) is 13.9 Å². The highest BCUT2D eigenvalue weighted by atomic mass is 16.5. The number of Topliss-reactive ketones (excluding diaryl/α,β-unsaturated/α-hetero) is 1. The Balaban J connectivity index is 1.13. The lowest BCUT2D eigenvalue weighted by Crippen LogP contribution is -2.33. The zero-order valence-electron chi connectivity index (χ0n) is 19.3. The first-order valence-corrected chi connectivity index (χ1v) is 12.0. The third-order valence-electron chi connectivity index (χ3n) is 7.50. The predicted octanol–water partition coefficient (Wildman–Crippen LogP) is 4.30. The molecule has 2 aromatic carbocycles. The molecule has 2 heterocycles. The molecule has 1 aliphatic heterocycles. The van der Waals surface area contributed by atoms with Crippen molar-refractivity contribution in [2.24, 2.45) is 23.7 Å². The minimum absolute atomic E-state index is 0.0773. The van der Waals surface area contributed by atoms with Crippen LogP contribution in [0.2, 0.25) is 0 Å². The molecule has 1 saturated heterocycles. The van der Waals surface area contributed by atoms with Crippen LogP contribution in [0.5, 0.6) is 11.5 Å². The number of fused-ring (bicyclic) bond motifs is 5. The normalized spacial score (nSPS) is 24.2. The average molecular weight is 485 g/mol. The fourth-order valence-electron chi connectivity index (χ4n) is 5.90. The molecule has 2 aliphatic carbocycles. The zero-order valence-corrected chi connectivity index (χ0v) is 19.3. The molecule has 1 aromatic heterocycles. The minimum atomic E-state index is -0.637. The van der Waals surface area contributed by atoms with E-state index in [0.717, 1.165) is 19.3 Å². The molecular formula is C28H23NO7. The third-order valence-corrected chi connectivity index (χ3v) is 7.50. The number of ether oxygens (including phenoxy) is 2. The zero-order chi connectivity index (χ0) is 24.8. The molecule has 182 valence electrons. The smallest absolute Gasteiger partial charge is 0.379 e. The van der Waals surface area contributed by atoms with Gasteiger partial charge in [0.2, 0.25) is 17.6 Å². The van der Waals surface area contributed by atoms with Crippen LogP contribution in [0.15, 0.2) is 71.3 Å². The Hall–Kier alpha value is -4.20. The summed E-state index contributed by atoms with van der Waals surface area (Å²) in [4.78, 5) is 52.5. The van der Waals surface area contributed by atoms with E-state index in [1.807, 2.05) is 0 Å². The van der Waals surface area contributed by atoms with Gasteiger partial charge in [0.15, 0.2) is 12.4 Å². The molecule has 3 aliphatic rings. The second kappa shape index (κ2) is 8.78. The number of nitrogens with zero attached hydrogens (tertiary/aromatic N) is 1. The monoisotopic (exact) mass is 485 g/mol. The number of hydrogen-bond acceptors (Lipinski definition) is 7. The van der Waals surface area contributed by atoms with Gasteiger partial charge in [0.05, 0.1) is 23.8 Å². The van der Waals surface area contributed by atoms with Crippen molar-refractivity contribution in [1.82, 2.24) is 0 Å². The van der Waals surface area contributed by atoms with Crippen molar-refractivity contribution >= 4 is 29.3 Å². The third kappa shape index (κ3) is 3.69. The Kier molecular flexibility index (Phi) is 5.44. The summed E-state index contributed by atoms with van der Waals surface area (Å²) in [5.74, 6) is -0.474. The first-order valence-electron chi connectivity index (χ1n) is 12.0. The highest BCUT2D eigenvalue weighted by molar-refractivity contribution is 6.23. The summed E-state index contributed by atoms with van der Waals surface area (Å²) in [5.41, 5.74) is 0.749. The van der Waals surface area contributed by atoms with Crippen molar-refractivity contribution in [3.63, 3.8) is 0 Å². The molecule has 3 aromatic rings. The van der Waals surface area contributed by atoms with Gasteiger partial charge in [-0.25, -0.2) is 9.69 Å². The van der Waals surface area contributed by atoms with Gasteiger partial charge >= 0.3 is 5.97 Å². The Morgan fingerprint density at radius 2 is 1.58 bits per heavy atom. The molecular weight excluding hydrogens is 462 g/mol. The lowest BCUT2D eigenvalue weighted by Gasteiger charge is -2.20. The van der Waals surface area contributed by atoms with Gasteiger partial charge in [-0.1, -0.05) is 12.1 Å². The van der Waals surface area contributed by atoms with Gasteiger partial charge in [-0.2, -0.15) is 0 Å². The van der Waals surface area contributed by atoms with E-state index < -0.39 is 5.97 Å². The second-order valence-electron chi connectivity index (χ2n) is 9.47. The summed E-state index contributed by atoms with van der Waals surface area (Å²) in [7, 11) is 0. The van der Waals surface area contributed by atoms with Crippen molar-refractivity contribution in [1.29, 1.82) is 0 Å². The first kappa shape index (κ1) is 22.3. The highest BCUT2D eigenvalue weighted by Crippen LogP contribution is 2.57. The molecule has 0 radical (unpaired) electrons. The molecule has 2 amide bonds. The molecule has 4 atom stereocenters. The van der Waals surface area contributed by atoms with Crippen molar-refractivity contribution < 1.29 is 33.1 Å². The number of amides is 2. The topological polar surface area (TPSA) is 103 Å². The number of imide groups is 1. The summed E-state index contributed by atoms with van der Waals surface area (Å²) in [6.07, 6.45) is 4.36. The summed E-state index contributed by atoms with van der Waals surface area (Å²) in [6.45, 7) is -0.281. The Morgan fingerprint density at radius 3 is 2.25 bits per heavy atom. The van der Waals surface area contributed by atoms with E-state index in [1.165, 1.54) is 41.5 Å². The minimum Gasteiger partial charge on any atom is -0.483 e. The van der Waals surface area contributed by atoms with Crippen LogP contribution in [-0.2, 0) is 9.59 Å². The van der Waals surface area contributed by atoms with Crippen molar-refractivity contribution in [3.8, 4) is 11.5 Å². The van der Waals surface area contributed by atoms with Crippen LogP contribution in [0.1, 0.15) is 40.2 Å². The van der Waals surface area contributed by atoms with Gasteiger partial charge in [0.1, 0.15) is 11.5 Å². The maximum atomic E-state index is 13.2. The number of furan rings is 1. The molecule has 0 N–H and O–H groups in total. The number of hydrogen-bond donors (Lipinski definition) is 0. The number of benzene rings is 2. The molecule has 2 saturated carbocycles. The number of ketones is 1. The summed E-state index contributed by atoms with van der Waals surface area (Å²) < 4.78 is 16.0. The number of para-hydroxylation sites is 2. The second-order valence-corrected chi connectivity index (χ2v) is 9.47. The molecule has 8 nitrogen and oxygen atoms in total. The summed E-state index contributed by atoms with van der Waals surface area (Å²) in [6, 6.07) is 16.0. The van der Waals surface area contributed by atoms with Crippen molar-refractivity contribution in [3.05, 3.63) is 78.3 Å². The largest absolute Gasteiger partial charge is 0.483 e. The van der Waals surface area contributed by atoms with Gasteiger partial charge in [0.25, 0.3) is 0 Å². The first-order chi connectivity index (χ1) is 17.5. The molecule has 36 heavy (non-hydrogen) atoms. The van der Waals surface area contributed by atoms with Crippen LogP contribution < -0.4 is 14.4 Å². The SMILES string of the molecule is O=C(COc1ccccc1N1C(=O)[C@H]2[C@H]3CC[C@@H](C3)[C@@H]2C1=O)c1ccc(OC(=O)c2ccco2)cc1. The number of esters is 1. The fraction of sp³-hybridized carbons (Fsp3) is 0.286. The molecule has 6 rings (SSSR count). The Bertz CT molecular complexity index is 1320. The van der Waals surface area contributed by atoms with E-state index in [1.54, 1.807) is 30.3 Å². The summed E-state index contributed by atoms with van der Waals surface area (Å²) in [5, 5.41) is 0. The van der Waals surface area contributed by atoms with E-state index >= 15 is 0 Å². The van der Waals surface area contributed by atoms with Gasteiger partial charge in [-0.05, 0) is 79.6 Å². The number of anilines is 1. The molecule has 3 fully saturated rings. The van der Waals surface area contributed by atoms with Crippen LogP contribution >= 0.6 is 0 Å². The van der Waals surface area contributed by atoms with Crippen LogP contribution in [0.3, 0.4) is 0 Å². The van der Waals surface area contributed by atoms with E-state index in [9.17, 15) is 19.2 Å². The van der Waals surface area contributed by atoms with Gasteiger partial charge in [-0.15, -0.1) is 0 Å². The van der Waals surface area contributed by atoms with Gasteiger partial charge in [-0.3, -0.25) is 14.4 Å². The molecule has 0 spiro atoms. The van der Waals surface area contributed by atoms with E-state index in [-0.39, 0.29) is 59.4 Å². The quantitative estimate of drug-likeness (QED) is 0.213. The fourth-order valence-corrected chi connectivity index (χ4v) is 5.90. The average Bonchev–Trinajstić information content (AvgIpc) is 3.69. The Morgan fingerprint density at radius 1 is 0.889 bits per heavy atom. The highest BCUT2D eigenvalue weighted by Gasteiger charge is 2.61. The number of carbonyl (C=O) groups is 4. The molecule has 8 heteroatoms. The van der Waals surface area contributed by atoms with Crippen molar-refractivity contribution in [2.45, 2.75) is 19.3 Å². The van der Waals surface area contributed by atoms with Crippen LogP contribution in [-0.4, -0.2) is 30.2 Å². The molecule has 2 bridgehead atoms. The van der Waals surface area contributed by atoms with Crippen LogP contribution in [0.4, 0.5) is 5.69 Å². The lowest BCUT2D eigenvalue weighted by atomic mass is 9.81. The lowest BCUT2D eigenvalue weighted by molar-refractivity contribution is -0.123.